The lowest BCUT2D eigenvalue weighted by Crippen LogP contribution is -2.34. The fourth-order valence-electron chi connectivity index (χ4n) is 3.35. The highest BCUT2D eigenvalue weighted by Crippen LogP contribution is 2.42. The minimum atomic E-state index is 0.355. The molecule has 1 aliphatic carbocycles. The minimum absolute atomic E-state index is 0.355. The van der Waals surface area contributed by atoms with Gasteiger partial charge in [0.15, 0.2) is 0 Å². The van der Waals surface area contributed by atoms with Gasteiger partial charge < -0.3 is 11.1 Å². The van der Waals surface area contributed by atoms with Crippen LogP contribution in [0.1, 0.15) is 65.7 Å². The highest BCUT2D eigenvalue weighted by Gasteiger charge is 2.33. The Labute approximate surface area is 108 Å². The van der Waals surface area contributed by atoms with E-state index in [-0.39, 0.29) is 0 Å². The van der Waals surface area contributed by atoms with E-state index >= 15 is 0 Å². The predicted molar refractivity (Wildman–Crippen MR) is 76.1 cm³/mol. The van der Waals surface area contributed by atoms with Crippen molar-refractivity contribution < 1.29 is 0 Å². The number of nitrogens with two attached hydrogens (primary N) is 1. The Bertz CT molecular complexity index is 193. The lowest BCUT2D eigenvalue weighted by molar-refractivity contribution is 0.224. The van der Waals surface area contributed by atoms with Crippen LogP contribution in [-0.4, -0.2) is 19.1 Å². The molecule has 1 rings (SSSR count). The molecule has 1 unspecified atom stereocenters. The molecule has 0 aromatic heterocycles. The first-order valence-corrected chi connectivity index (χ1v) is 7.50. The molecule has 0 aliphatic heterocycles. The van der Waals surface area contributed by atoms with Crippen molar-refractivity contribution in [2.45, 2.75) is 71.8 Å². The van der Waals surface area contributed by atoms with E-state index in [4.69, 9.17) is 5.73 Å². The highest BCUT2D eigenvalue weighted by molar-refractivity contribution is 4.87. The topological polar surface area (TPSA) is 38.0 Å². The summed E-state index contributed by atoms with van der Waals surface area (Å²) < 4.78 is 0. The molecule has 0 aromatic carbocycles. The van der Waals surface area contributed by atoms with Crippen molar-refractivity contribution in [1.82, 2.24) is 5.32 Å². The quantitative estimate of drug-likeness (QED) is 0.639. The molecule has 0 heterocycles. The van der Waals surface area contributed by atoms with Crippen LogP contribution in [-0.2, 0) is 0 Å². The second kappa shape index (κ2) is 7.38. The van der Waals surface area contributed by atoms with Crippen molar-refractivity contribution in [3.63, 3.8) is 0 Å². The zero-order valence-electron chi connectivity index (χ0n) is 12.1. The molecule has 3 N–H and O–H groups in total. The van der Waals surface area contributed by atoms with E-state index < -0.39 is 0 Å². The van der Waals surface area contributed by atoms with E-state index in [0.29, 0.717) is 11.5 Å². The first-order valence-electron chi connectivity index (χ1n) is 7.50. The van der Waals surface area contributed by atoms with Gasteiger partial charge in [-0.1, -0.05) is 26.7 Å². The van der Waals surface area contributed by atoms with Gasteiger partial charge in [0.2, 0.25) is 0 Å². The first kappa shape index (κ1) is 15.0. The van der Waals surface area contributed by atoms with E-state index in [1.807, 2.05) is 0 Å². The molecule has 1 saturated carbocycles. The molecule has 2 heteroatoms. The maximum atomic E-state index is 5.76. The van der Waals surface area contributed by atoms with E-state index in [1.165, 1.54) is 45.1 Å². The van der Waals surface area contributed by atoms with Crippen LogP contribution in [0.5, 0.6) is 0 Å². The van der Waals surface area contributed by atoms with Gasteiger partial charge in [0.05, 0.1) is 0 Å². The normalized spacial score (nSPS) is 21.0. The molecule has 0 bridgehead atoms. The summed E-state index contributed by atoms with van der Waals surface area (Å²) in [5.74, 6) is 0.832. The molecule has 17 heavy (non-hydrogen) atoms. The SMILES string of the molecule is CC(C)CC1(CNCCCC(C)N)CCCC1. The average Bonchev–Trinajstić information content (AvgIpc) is 2.64. The Morgan fingerprint density at radius 2 is 1.82 bits per heavy atom. The third-order valence-corrected chi connectivity index (χ3v) is 4.02. The van der Waals surface area contributed by atoms with Gasteiger partial charge in [-0.25, -0.2) is 0 Å². The fraction of sp³-hybridized carbons (Fsp3) is 1.00. The van der Waals surface area contributed by atoms with Crippen molar-refractivity contribution in [1.29, 1.82) is 0 Å². The molecule has 1 atom stereocenters. The molecule has 0 amide bonds. The summed E-state index contributed by atoms with van der Waals surface area (Å²) in [7, 11) is 0. The smallest absolute Gasteiger partial charge is 0.00109 e. The van der Waals surface area contributed by atoms with Crippen LogP contribution in [0.2, 0.25) is 0 Å². The fourth-order valence-corrected chi connectivity index (χ4v) is 3.35. The summed E-state index contributed by atoms with van der Waals surface area (Å²) in [5.41, 5.74) is 6.37. The Balaban J connectivity index is 2.21. The monoisotopic (exact) mass is 240 g/mol. The molecular weight excluding hydrogens is 208 g/mol. The predicted octanol–water partition coefficient (Wildman–Crippen LogP) is 3.31. The van der Waals surface area contributed by atoms with Gasteiger partial charge in [-0.3, -0.25) is 0 Å². The van der Waals surface area contributed by atoms with Crippen molar-refractivity contribution in [3.05, 3.63) is 0 Å². The number of rotatable bonds is 8. The van der Waals surface area contributed by atoms with E-state index in [2.05, 4.69) is 26.1 Å². The summed E-state index contributed by atoms with van der Waals surface area (Å²) in [6, 6.07) is 0.355. The van der Waals surface area contributed by atoms with Gasteiger partial charge in [0, 0.05) is 12.6 Å². The van der Waals surface area contributed by atoms with Crippen LogP contribution in [0.3, 0.4) is 0 Å². The zero-order valence-corrected chi connectivity index (χ0v) is 12.1. The second-order valence-corrected chi connectivity index (χ2v) is 6.60. The number of nitrogens with one attached hydrogen (secondary N) is 1. The molecule has 102 valence electrons. The molecule has 0 spiro atoms. The Hall–Kier alpha value is -0.0800. The summed E-state index contributed by atoms with van der Waals surface area (Å²) in [6.07, 6.45) is 9.51. The van der Waals surface area contributed by atoms with Gasteiger partial charge in [0.1, 0.15) is 0 Å². The third-order valence-electron chi connectivity index (χ3n) is 4.02. The maximum Gasteiger partial charge on any atom is 0.00109 e. The summed E-state index contributed by atoms with van der Waals surface area (Å²) in [4.78, 5) is 0. The van der Waals surface area contributed by atoms with Gasteiger partial charge in [-0.05, 0) is 56.9 Å². The van der Waals surface area contributed by atoms with Crippen LogP contribution < -0.4 is 11.1 Å². The number of hydrogen-bond acceptors (Lipinski definition) is 2. The van der Waals surface area contributed by atoms with Crippen LogP contribution in [0.4, 0.5) is 0 Å². The molecule has 2 nitrogen and oxygen atoms in total. The van der Waals surface area contributed by atoms with Crippen LogP contribution in [0, 0.1) is 11.3 Å². The lowest BCUT2D eigenvalue weighted by Gasteiger charge is -2.31. The summed E-state index contributed by atoms with van der Waals surface area (Å²) in [6.45, 7) is 9.18. The molecule has 1 fully saturated rings. The summed E-state index contributed by atoms with van der Waals surface area (Å²) in [5, 5.41) is 3.67. The molecule has 1 aliphatic rings. The molecule has 0 radical (unpaired) electrons. The van der Waals surface area contributed by atoms with Gasteiger partial charge in [-0.15, -0.1) is 0 Å². The highest BCUT2D eigenvalue weighted by atomic mass is 14.9. The molecular formula is C15H32N2. The molecule has 0 aromatic rings. The van der Waals surface area contributed by atoms with Crippen molar-refractivity contribution >= 4 is 0 Å². The second-order valence-electron chi connectivity index (χ2n) is 6.60. The minimum Gasteiger partial charge on any atom is -0.328 e. The van der Waals surface area contributed by atoms with Crippen LogP contribution >= 0.6 is 0 Å². The van der Waals surface area contributed by atoms with Gasteiger partial charge in [0.25, 0.3) is 0 Å². The Morgan fingerprint density at radius 3 is 2.35 bits per heavy atom. The maximum absolute atomic E-state index is 5.76. The zero-order chi connectivity index (χ0) is 12.7. The third kappa shape index (κ3) is 5.87. The van der Waals surface area contributed by atoms with Gasteiger partial charge in [-0.2, -0.15) is 0 Å². The van der Waals surface area contributed by atoms with Crippen molar-refractivity contribution in [2.75, 3.05) is 13.1 Å². The standard InChI is InChI=1S/C15H32N2/c1-13(2)11-15(8-4-5-9-15)12-17-10-6-7-14(3)16/h13-14,17H,4-12,16H2,1-3H3. The average molecular weight is 240 g/mol. The van der Waals surface area contributed by atoms with Crippen molar-refractivity contribution in [2.24, 2.45) is 17.1 Å². The Morgan fingerprint density at radius 1 is 1.18 bits per heavy atom. The van der Waals surface area contributed by atoms with E-state index in [1.54, 1.807) is 0 Å². The Kier molecular flexibility index (Phi) is 6.50. The van der Waals surface area contributed by atoms with Gasteiger partial charge >= 0.3 is 0 Å². The van der Waals surface area contributed by atoms with E-state index in [0.717, 1.165) is 18.9 Å². The first-order chi connectivity index (χ1) is 8.04. The van der Waals surface area contributed by atoms with Crippen LogP contribution in [0.25, 0.3) is 0 Å². The largest absolute Gasteiger partial charge is 0.328 e. The molecule has 0 saturated heterocycles. The lowest BCUT2D eigenvalue weighted by atomic mass is 9.78. The van der Waals surface area contributed by atoms with Crippen LogP contribution in [0.15, 0.2) is 0 Å². The van der Waals surface area contributed by atoms with E-state index in [9.17, 15) is 0 Å². The number of hydrogen-bond donors (Lipinski definition) is 2. The summed E-state index contributed by atoms with van der Waals surface area (Å²) >= 11 is 0. The van der Waals surface area contributed by atoms with Crippen molar-refractivity contribution in [3.8, 4) is 0 Å².